The average molecular weight is 307 g/mol. The molecule has 0 saturated heterocycles. The van der Waals surface area contributed by atoms with Gasteiger partial charge in [-0.2, -0.15) is 0 Å². The van der Waals surface area contributed by atoms with Crippen molar-refractivity contribution < 1.29 is 9.47 Å². The second-order valence-corrected chi connectivity index (χ2v) is 6.17. The summed E-state index contributed by atoms with van der Waals surface area (Å²) in [5.74, 6) is 1.75. The quantitative estimate of drug-likeness (QED) is 0.692. The van der Waals surface area contributed by atoms with Gasteiger partial charge in [-0.05, 0) is 49.2 Å². The van der Waals surface area contributed by atoms with E-state index in [1.54, 1.807) is 0 Å². The van der Waals surface area contributed by atoms with Crippen LogP contribution in [0.25, 0.3) is 0 Å². The van der Waals surface area contributed by atoms with E-state index >= 15 is 0 Å². The first-order valence-corrected chi connectivity index (χ1v) is 7.23. The van der Waals surface area contributed by atoms with Crippen molar-refractivity contribution in [1.29, 1.82) is 0 Å². The summed E-state index contributed by atoms with van der Waals surface area (Å²) < 4.78 is 11.8. The number of rotatable bonds is 0. The van der Waals surface area contributed by atoms with Crippen LogP contribution >= 0.6 is 23.2 Å². The van der Waals surface area contributed by atoms with Gasteiger partial charge in [0.2, 0.25) is 0 Å². The molecule has 0 spiro atoms. The minimum Gasteiger partial charge on any atom is -0.454 e. The van der Waals surface area contributed by atoms with E-state index in [1.165, 1.54) is 0 Å². The van der Waals surface area contributed by atoms with Gasteiger partial charge in [-0.25, -0.2) is 0 Å². The lowest BCUT2D eigenvalue weighted by atomic mass is 9.92. The molecule has 0 aromatic heterocycles. The molecule has 0 radical (unpaired) electrons. The molecule has 2 heterocycles. The van der Waals surface area contributed by atoms with Crippen molar-refractivity contribution in [3.05, 3.63) is 56.6 Å². The summed E-state index contributed by atoms with van der Waals surface area (Å²) >= 11 is 12.5. The van der Waals surface area contributed by atoms with Gasteiger partial charge in [-0.1, -0.05) is 23.2 Å². The highest BCUT2D eigenvalue weighted by atomic mass is 35.5. The summed E-state index contributed by atoms with van der Waals surface area (Å²) in [4.78, 5) is 0. The van der Waals surface area contributed by atoms with Crippen LogP contribution in [-0.2, 0) is 0 Å². The summed E-state index contributed by atoms with van der Waals surface area (Å²) in [7, 11) is 0. The van der Waals surface area contributed by atoms with Crippen molar-refractivity contribution >= 4 is 23.2 Å². The molecule has 2 aromatic carbocycles. The molecule has 0 saturated carbocycles. The third kappa shape index (κ3) is 1.58. The van der Waals surface area contributed by atoms with Crippen molar-refractivity contribution in [3.8, 4) is 11.5 Å². The third-order valence-electron chi connectivity index (χ3n) is 4.01. The lowest BCUT2D eigenvalue weighted by molar-refractivity contribution is 0.0329. The Morgan fingerprint density at radius 3 is 1.70 bits per heavy atom. The number of aryl methyl sites for hydroxylation is 2. The minimum atomic E-state index is -0.310. The molecule has 2 aromatic rings. The summed E-state index contributed by atoms with van der Waals surface area (Å²) in [6.07, 6.45) is -0.310. The van der Waals surface area contributed by atoms with E-state index in [4.69, 9.17) is 32.7 Å². The van der Waals surface area contributed by atoms with Crippen LogP contribution in [0.4, 0.5) is 0 Å². The minimum absolute atomic E-state index is 0.0520. The lowest BCUT2D eigenvalue weighted by Crippen LogP contribution is -2.19. The normalized spacial score (nSPS) is 21.8. The molecule has 102 valence electrons. The van der Waals surface area contributed by atoms with E-state index in [0.29, 0.717) is 0 Å². The van der Waals surface area contributed by atoms with Crippen molar-refractivity contribution in [2.45, 2.75) is 26.1 Å². The molecule has 4 heteroatoms. The van der Waals surface area contributed by atoms with Gasteiger partial charge in [0, 0.05) is 21.2 Å². The van der Waals surface area contributed by atoms with Gasteiger partial charge in [0.1, 0.15) is 11.5 Å². The van der Waals surface area contributed by atoms with Gasteiger partial charge >= 0.3 is 0 Å². The molecule has 0 N–H and O–H groups in total. The van der Waals surface area contributed by atoms with Crippen molar-refractivity contribution in [2.24, 2.45) is 0 Å². The van der Waals surface area contributed by atoms with Gasteiger partial charge in [0.15, 0.2) is 0 Å². The van der Waals surface area contributed by atoms with E-state index in [-0.39, 0.29) is 12.2 Å². The van der Waals surface area contributed by atoms with E-state index in [2.05, 4.69) is 0 Å². The first-order valence-electron chi connectivity index (χ1n) is 6.48. The Bertz CT molecular complexity index is 678. The van der Waals surface area contributed by atoms with Crippen LogP contribution in [0.3, 0.4) is 0 Å². The highest BCUT2D eigenvalue weighted by molar-refractivity contribution is 6.31. The fraction of sp³-hybridized carbons (Fsp3) is 0.250. The van der Waals surface area contributed by atoms with Gasteiger partial charge in [0.05, 0.1) is 5.92 Å². The number of ether oxygens (including phenoxy) is 2. The van der Waals surface area contributed by atoms with Crippen molar-refractivity contribution in [3.63, 3.8) is 0 Å². The van der Waals surface area contributed by atoms with E-state index in [0.717, 1.165) is 43.8 Å². The van der Waals surface area contributed by atoms with Gasteiger partial charge in [0.25, 0.3) is 6.29 Å². The van der Waals surface area contributed by atoms with E-state index < -0.39 is 0 Å². The summed E-state index contributed by atoms with van der Waals surface area (Å²) in [5.41, 5.74) is 4.16. The molecular weight excluding hydrogens is 295 g/mol. The van der Waals surface area contributed by atoms with Gasteiger partial charge in [-0.3, -0.25) is 0 Å². The Morgan fingerprint density at radius 2 is 1.25 bits per heavy atom. The van der Waals surface area contributed by atoms with Gasteiger partial charge in [-0.15, -0.1) is 0 Å². The first-order chi connectivity index (χ1) is 9.54. The number of benzene rings is 2. The highest BCUT2D eigenvalue weighted by Gasteiger charge is 2.44. The van der Waals surface area contributed by atoms with E-state index in [1.807, 2.05) is 38.1 Å². The number of fused-ring (bicyclic) bond motifs is 5. The maximum atomic E-state index is 6.24. The van der Waals surface area contributed by atoms with Crippen LogP contribution in [0.2, 0.25) is 10.0 Å². The SMILES string of the molecule is Cc1cc2c(cc1Cl)C1c3cc(Cl)c(C)cc3OC1O2. The highest BCUT2D eigenvalue weighted by Crippen LogP contribution is 2.52. The summed E-state index contributed by atoms with van der Waals surface area (Å²) in [5, 5.41) is 1.50. The molecule has 2 nitrogen and oxygen atoms in total. The molecule has 0 atom stereocenters. The van der Waals surface area contributed by atoms with Crippen LogP contribution in [-0.4, -0.2) is 6.29 Å². The molecule has 2 aliphatic rings. The molecule has 0 aliphatic carbocycles. The standard InChI is InChI=1S/C16H12Cl2O2/c1-7-3-13-9(5-11(7)17)15-10-6-12(18)8(2)4-14(10)20-16(15)19-13/h3-6,15-16H,1-2H3. The zero-order valence-corrected chi connectivity index (χ0v) is 12.5. The Kier molecular flexibility index (Phi) is 2.51. The zero-order chi connectivity index (χ0) is 14.0. The van der Waals surface area contributed by atoms with E-state index in [9.17, 15) is 0 Å². The van der Waals surface area contributed by atoms with Crippen LogP contribution in [0.5, 0.6) is 11.5 Å². The maximum Gasteiger partial charge on any atom is 0.252 e. The second kappa shape index (κ2) is 4.06. The summed E-state index contributed by atoms with van der Waals surface area (Å²) in [6, 6.07) is 7.88. The predicted octanol–water partition coefficient (Wildman–Crippen LogP) is 4.85. The Balaban J connectivity index is 1.90. The summed E-state index contributed by atoms with van der Waals surface area (Å²) in [6.45, 7) is 3.93. The largest absolute Gasteiger partial charge is 0.454 e. The van der Waals surface area contributed by atoms with Crippen LogP contribution < -0.4 is 9.47 Å². The second-order valence-electron chi connectivity index (χ2n) is 5.36. The molecule has 20 heavy (non-hydrogen) atoms. The first kappa shape index (κ1) is 12.4. The van der Waals surface area contributed by atoms with Gasteiger partial charge < -0.3 is 9.47 Å². The monoisotopic (exact) mass is 306 g/mol. The smallest absolute Gasteiger partial charge is 0.252 e. The molecule has 4 rings (SSSR count). The van der Waals surface area contributed by atoms with Crippen LogP contribution in [0.1, 0.15) is 28.2 Å². The Morgan fingerprint density at radius 1 is 0.800 bits per heavy atom. The molecule has 2 aliphatic heterocycles. The molecule has 0 fully saturated rings. The topological polar surface area (TPSA) is 18.5 Å². The van der Waals surface area contributed by atoms with Crippen molar-refractivity contribution in [1.82, 2.24) is 0 Å². The average Bonchev–Trinajstić information content (AvgIpc) is 2.88. The number of halogens is 2. The fourth-order valence-corrected chi connectivity index (χ4v) is 3.25. The molecule has 0 amide bonds. The Hall–Kier alpha value is -1.38. The van der Waals surface area contributed by atoms with Crippen LogP contribution in [0.15, 0.2) is 24.3 Å². The number of hydrogen-bond acceptors (Lipinski definition) is 2. The maximum absolute atomic E-state index is 6.24. The Labute approximate surface area is 127 Å². The number of hydrogen-bond donors (Lipinski definition) is 0. The fourth-order valence-electron chi connectivity index (χ4n) is 2.90. The molecular formula is C16H12Cl2O2. The zero-order valence-electron chi connectivity index (χ0n) is 11.0. The predicted molar refractivity (Wildman–Crippen MR) is 79.3 cm³/mol. The molecule has 0 unspecified atom stereocenters. The third-order valence-corrected chi connectivity index (χ3v) is 4.83. The van der Waals surface area contributed by atoms with Crippen LogP contribution in [0, 0.1) is 13.8 Å². The molecule has 0 bridgehead atoms. The van der Waals surface area contributed by atoms with Crippen molar-refractivity contribution in [2.75, 3.05) is 0 Å². The lowest BCUT2D eigenvalue weighted by Gasteiger charge is -2.09.